The standard InChI is InChI=1S/C17H14O3/c18-17-6-4-12-3-5-15(9-16(12)20-17)19-10-14-8-11-1-2-13(14)7-11/h1-6,8-9,13-14H,7,10H2. The number of hydrogen-bond acceptors (Lipinski definition) is 3. The van der Waals surface area contributed by atoms with Gasteiger partial charge in [-0.05, 0) is 30.5 Å². The van der Waals surface area contributed by atoms with E-state index in [0.29, 0.717) is 24.0 Å². The van der Waals surface area contributed by atoms with Gasteiger partial charge in [0, 0.05) is 23.4 Å². The van der Waals surface area contributed by atoms with Gasteiger partial charge in [0.05, 0.1) is 6.61 Å². The molecule has 0 aliphatic heterocycles. The summed E-state index contributed by atoms with van der Waals surface area (Å²) < 4.78 is 11.0. The quantitative estimate of drug-likeness (QED) is 0.800. The van der Waals surface area contributed by atoms with Crippen molar-refractivity contribution in [1.82, 2.24) is 0 Å². The normalized spacial score (nSPS) is 23.3. The summed E-state index contributed by atoms with van der Waals surface area (Å²) in [6.45, 7) is 0.668. The second-order valence-corrected chi connectivity index (χ2v) is 5.40. The molecule has 1 aromatic heterocycles. The first-order valence-electron chi connectivity index (χ1n) is 6.83. The van der Waals surface area contributed by atoms with Gasteiger partial charge in [0.2, 0.25) is 0 Å². The van der Waals surface area contributed by atoms with Gasteiger partial charge in [0.25, 0.3) is 0 Å². The van der Waals surface area contributed by atoms with Gasteiger partial charge in [0.1, 0.15) is 11.3 Å². The Labute approximate surface area is 116 Å². The van der Waals surface area contributed by atoms with E-state index >= 15 is 0 Å². The van der Waals surface area contributed by atoms with Crippen LogP contribution in [0.15, 0.2) is 63.3 Å². The Bertz CT molecular complexity index is 782. The predicted octanol–water partition coefficient (Wildman–Crippen LogP) is 3.30. The monoisotopic (exact) mass is 266 g/mol. The van der Waals surface area contributed by atoms with Gasteiger partial charge >= 0.3 is 5.63 Å². The van der Waals surface area contributed by atoms with Gasteiger partial charge in [-0.3, -0.25) is 0 Å². The second-order valence-electron chi connectivity index (χ2n) is 5.40. The smallest absolute Gasteiger partial charge is 0.336 e. The molecule has 0 radical (unpaired) electrons. The summed E-state index contributed by atoms with van der Waals surface area (Å²) in [4.78, 5) is 11.2. The molecule has 2 bridgehead atoms. The van der Waals surface area contributed by atoms with Crippen LogP contribution in [0.2, 0.25) is 0 Å². The van der Waals surface area contributed by atoms with Gasteiger partial charge in [-0.25, -0.2) is 4.79 Å². The second kappa shape index (κ2) is 4.37. The molecule has 2 aliphatic carbocycles. The molecule has 0 fully saturated rings. The highest BCUT2D eigenvalue weighted by atomic mass is 16.5. The maximum absolute atomic E-state index is 11.2. The van der Waals surface area contributed by atoms with Crippen LogP contribution in [0.4, 0.5) is 0 Å². The zero-order valence-electron chi connectivity index (χ0n) is 10.9. The van der Waals surface area contributed by atoms with Crippen LogP contribution in [-0.4, -0.2) is 6.61 Å². The highest BCUT2D eigenvalue weighted by Gasteiger charge is 2.29. The maximum Gasteiger partial charge on any atom is 0.336 e. The van der Waals surface area contributed by atoms with Crippen LogP contribution in [-0.2, 0) is 0 Å². The fourth-order valence-electron chi connectivity index (χ4n) is 2.97. The van der Waals surface area contributed by atoms with Crippen LogP contribution in [0, 0.1) is 11.8 Å². The first-order chi connectivity index (χ1) is 9.78. The van der Waals surface area contributed by atoms with Crippen LogP contribution < -0.4 is 10.4 Å². The summed E-state index contributed by atoms with van der Waals surface area (Å²) in [6, 6.07) is 8.80. The van der Waals surface area contributed by atoms with E-state index in [2.05, 4.69) is 18.2 Å². The summed E-state index contributed by atoms with van der Waals surface area (Å²) in [5.41, 5.74) is 1.66. The van der Waals surface area contributed by atoms with Crippen molar-refractivity contribution >= 4 is 11.0 Å². The molecule has 100 valence electrons. The molecule has 2 unspecified atom stereocenters. The lowest BCUT2D eigenvalue weighted by Crippen LogP contribution is -2.14. The van der Waals surface area contributed by atoms with E-state index in [-0.39, 0.29) is 5.63 Å². The zero-order chi connectivity index (χ0) is 13.5. The minimum Gasteiger partial charge on any atom is -0.493 e. The molecule has 2 aromatic rings. The van der Waals surface area contributed by atoms with Crippen molar-refractivity contribution in [2.45, 2.75) is 6.42 Å². The van der Waals surface area contributed by atoms with E-state index in [1.165, 1.54) is 11.6 Å². The molecule has 1 heterocycles. The van der Waals surface area contributed by atoms with Crippen molar-refractivity contribution in [3.63, 3.8) is 0 Å². The average molecular weight is 266 g/mol. The van der Waals surface area contributed by atoms with Gasteiger partial charge in [0.15, 0.2) is 0 Å². The zero-order valence-corrected chi connectivity index (χ0v) is 10.9. The Balaban J connectivity index is 1.53. The van der Waals surface area contributed by atoms with E-state index in [9.17, 15) is 4.79 Å². The topological polar surface area (TPSA) is 39.4 Å². The minimum absolute atomic E-state index is 0.336. The molecule has 0 amide bonds. The van der Waals surface area contributed by atoms with Crippen molar-refractivity contribution in [1.29, 1.82) is 0 Å². The van der Waals surface area contributed by atoms with E-state index in [4.69, 9.17) is 9.15 Å². The Morgan fingerprint density at radius 3 is 2.95 bits per heavy atom. The number of allylic oxidation sites excluding steroid dienone is 3. The van der Waals surface area contributed by atoms with Crippen molar-refractivity contribution in [3.05, 3.63) is 64.6 Å². The van der Waals surface area contributed by atoms with E-state index in [1.54, 1.807) is 12.1 Å². The third kappa shape index (κ3) is 1.95. The van der Waals surface area contributed by atoms with E-state index in [0.717, 1.165) is 17.6 Å². The van der Waals surface area contributed by atoms with Crippen molar-refractivity contribution in [2.24, 2.45) is 11.8 Å². The first-order valence-corrected chi connectivity index (χ1v) is 6.83. The summed E-state index contributed by atoms with van der Waals surface area (Å²) in [6.07, 6.45) is 7.92. The SMILES string of the molecule is O=c1ccc2ccc(OCC3C=C4C=CC3C4)cc2o1. The number of rotatable bonds is 3. The van der Waals surface area contributed by atoms with Gasteiger partial charge in [-0.2, -0.15) is 0 Å². The highest BCUT2D eigenvalue weighted by molar-refractivity contribution is 5.77. The van der Waals surface area contributed by atoms with Crippen molar-refractivity contribution < 1.29 is 9.15 Å². The summed E-state index contributed by atoms with van der Waals surface area (Å²) in [5.74, 6) is 1.81. The van der Waals surface area contributed by atoms with Crippen LogP contribution in [0.1, 0.15) is 6.42 Å². The summed E-state index contributed by atoms with van der Waals surface area (Å²) in [5, 5.41) is 0.905. The Kier molecular flexibility index (Phi) is 2.52. The van der Waals surface area contributed by atoms with Gasteiger partial charge < -0.3 is 9.15 Å². The molecule has 0 spiro atoms. The number of ether oxygens (including phenoxy) is 1. The van der Waals surface area contributed by atoms with Gasteiger partial charge in [-0.15, -0.1) is 0 Å². The first kappa shape index (κ1) is 11.5. The molecule has 2 atom stereocenters. The highest BCUT2D eigenvalue weighted by Crippen LogP contribution is 2.38. The largest absolute Gasteiger partial charge is 0.493 e. The average Bonchev–Trinajstić information content (AvgIpc) is 3.07. The lowest BCUT2D eigenvalue weighted by Gasteiger charge is -2.16. The number of fused-ring (bicyclic) bond motifs is 3. The van der Waals surface area contributed by atoms with Crippen molar-refractivity contribution in [3.8, 4) is 5.75 Å². The fourth-order valence-corrected chi connectivity index (χ4v) is 2.97. The lowest BCUT2D eigenvalue weighted by molar-refractivity contribution is 0.254. The van der Waals surface area contributed by atoms with E-state index in [1.807, 2.05) is 12.1 Å². The molecule has 1 aromatic carbocycles. The molecule has 20 heavy (non-hydrogen) atoms. The molecule has 0 saturated carbocycles. The van der Waals surface area contributed by atoms with Crippen LogP contribution in [0.3, 0.4) is 0 Å². The summed E-state index contributed by atoms with van der Waals surface area (Å²) in [7, 11) is 0. The Morgan fingerprint density at radius 2 is 2.15 bits per heavy atom. The molecule has 2 aliphatic rings. The molecular weight excluding hydrogens is 252 g/mol. The number of benzene rings is 1. The molecule has 0 N–H and O–H groups in total. The Morgan fingerprint density at radius 1 is 1.25 bits per heavy atom. The lowest BCUT2D eigenvalue weighted by atomic mass is 9.97. The van der Waals surface area contributed by atoms with Crippen LogP contribution in [0.5, 0.6) is 5.75 Å². The fraction of sp³-hybridized carbons (Fsp3) is 0.235. The molecule has 3 nitrogen and oxygen atoms in total. The molecular formula is C17H14O3. The Hall–Kier alpha value is -2.29. The van der Waals surface area contributed by atoms with E-state index < -0.39 is 0 Å². The third-order valence-electron chi connectivity index (χ3n) is 4.04. The summed E-state index contributed by atoms with van der Waals surface area (Å²) >= 11 is 0. The minimum atomic E-state index is -0.336. The predicted molar refractivity (Wildman–Crippen MR) is 76.8 cm³/mol. The van der Waals surface area contributed by atoms with Crippen molar-refractivity contribution in [2.75, 3.05) is 6.61 Å². The van der Waals surface area contributed by atoms with Crippen LogP contribution in [0.25, 0.3) is 11.0 Å². The van der Waals surface area contributed by atoms with Crippen LogP contribution >= 0.6 is 0 Å². The number of hydrogen-bond donors (Lipinski definition) is 0. The third-order valence-corrected chi connectivity index (χ3v) is 4.04. The molecule has 4 rings (SSSR count). The maximum atomic E-state index is 11.2. The van der Waals surface area contributed by atoms with Gasteiger partial charge in [-0.1, -0.05) is 23.8 Å². The molecule has 3 heteroatoms. The molecule has 0 saturated heterocycles.